The second-order valence-corrected chi connectivity index (χ2v) is 8.13. The summed E-state index contributed by atoms with van der Waals surface area (Å²) in [5, 5.41) is 5.42. The van der Waals surface area contributed by atoms with E-state index in [4.69, 9.17) is 27.9 Å². The van der Waals surface area contributed by atoms with Gasteiger partial charge in [0.2, 0.25) is 0 Å². The molecular weight excluding hydrogens is 515 g/mol. The highest BCUT2D eigenvalue weighted by atomic mass is 79.9. The summed E-state index contributed by atoms with van der Waals surface area (Å²) in [5.74, 6) is 0.689. The van der Waals surface area contributed by atoms with E-state index in [1.54, 1.807) is 18.3 Å². The number of hydrazone groups is 1. The second kappa shape index (κ2) is 9.60. The number of hydrogen-bond donors (Lipinski definition) is 1. The largest absolute Gasteiger partial charge is 0.486 e. The molecule has 0 saturated carbocycles. The van der Waals surface area contributed by atoms with Crippen LogP contribution in [0.4, 0.5) is 5.69 Å². The molecule has 27 heavy (non-hydrogen) atoms. The summed E-state index contributed by atoms with van der Waals surface area (Å²) in [5.41, 5.74) is 5.68. The van der Waals surface area contributed by atoms with E-state index < -0.39 is 0 Å². The summed E-state index contributed by atoms with van der Waals surface area (Å²) in [6, 6.07) is 18.9. The zero-order chi connectivity index (χ0) is 19.2. The van der Waals surface area contributed by atoms with Gasteiger partial charge >= 0.3 is 0 Å². The Kier molecular flexibility index (Phi) is 7.19. The minimum absolute atomic E-state index is 0.330. The summed E-state index contributed by atoms with van der Waals surface area (Å²) in [6.45, 7) is 0.330. The van der Waals surface area contributed by atoms with Gasteiger partial charge in [-0.3, -0.25) is 5.43 Å². The monoisotopic (exact) mass is 526 g/mol. The van der Waals surface area contributed by atoms with Crippen molar-refractivity contribution >= 4 is 67.0 Å². The van der Waals surface area contributed by atoms with Gasteiger partial charge in [-0.2, -0.15) is 5.10 Å². The Hall–Kier alpha value is -1.53. The molecule has 0 spiro atoms. The Labute approximate surface area is 184 Å². The minimum Gasteiger partial charge on any atom is -0.486 e. The first-order chi connectivity index (χ1) is 13.0. The van der Waals surface area contributed by atoms with Gasteiger partial charge in [0.1, 0.15) is 12.4 Å². The van der Waals surface area contributed by atoms with Crippen molar-refractivity contribution in [2.75, 3.05) is 5.43 Å². The third kappa shape index (κ3) is 5.72. The lowest BCUT2D eigenvalue weighted by Crippen LogP contribution is -1.99. The maximum absolute atomic E-state index is 6.20. The Balaban J connectivity index is 1.69. The van der Waals surface area contributed by atoms with E-state index in [0.29, 0.717) is 22.4 Å². The zero-order valence-corrected chi connectivity index (χ0v) is 18.6. The summed E-state index contributed by atoms with van der Waals surface area (Å²) in [7, 11) is 0. The van der Waals surface area contributed by atoms with Crippen molar-refractivity contribution in [3.63, 3.8) is 0 Å². The van der Waals surface area contributed by atoms with Crippen LogP contribution in [0.15, 0.2) is 74.7 Å². The maximum atomic E-state index is 6.20. The molecule has 138 valence electrons. The second-order valence-electron chi connectivity index (χ2n) is 5.57. The standard InChI is InChI=1S/C20H14Br2Cl2N2O/c21-17-8-13(11-25-26-16-4-2-1-3-5-16)9-18(22)20(17)27-12-14-6-7-15(23)10-19(14)24/h1-11,26H,12H2/b25-11-. The number of ether oxygens (including phenoxy) is 1. The van der Waals surface area contributed by atoms with E-state index >= 15 is 0 Å². The van der Waals surface area contributed by atoms with Gasteiger partial charge in [0.25, 0.3) is 0 Å². The minimum atomic E-state index is 0.330. The third-order valence-corrected chi connectivity index (χ3v) is 5.35. The van der Waals surface area contributed by atoms with Crippen molar-refractivity contribution in [2.45, 2.75) is 6.61 Å². The van der Waals surface area contributed by atoms with Gasteiger partial charge < -0.3 is 4.74 Å². The van der Waals surface area contributed by atoms with Crippen LogP contribution in [-0.4, -0.2) is 6.21 Å². The molecule has 1 N–H and O–H groups in total. The average molecular weight is 529 g/mol. The number of para-hydroxylation sites is 1. The topological polar surface area (TPSA) is 33.6 Å². The fourth-order valence-electron chi connectivity index (χ4n) is 2.27. The third-order valence-electron chi connectivity index (χ3n) is 3.59. The highest BCUT2D eigenvalue weighted by molar-refractivity contribution is 9.11. The normalized spacial score (nSPS) is 11.0. The summed E-state index contributed by atoms with van der Waals surface area (Å²) >= 11 is 19.2. The molecule has 0 amide bonds. The van der Waals surface area contributed by atoms with Crippen LogP contribution < -0.4 is 10.2 Å². The van der Waals surface area contributed by atoms with Crippen molar-refractivity contribution < 1.29 is 4.74 Å². The first-order valence-electron chi connectivity index (χ1n) is 7.93. The Morgan fingerprint density at radius 2 is 1.67 bits per heavy atom. The van der Waals surface area contributed by atoms with Crippen LogP contribution >= 0.6 is 55.1 Å². The van der Waals surface area contributed by atoms with E-state index in [2.05, 4.69) is 42.4 Å². The fraction of sp³-hybridized carbons (Fsp3) is 0.0500. The zero-order valence-electron chi connectivity index (χ0n) is 13.9. The van der Waals surface area contributed by atoms with Gasteiger partial charge in [-0.15, -0.1) is 0 Å². The maximum Gasteiger partial charge on any atom is 0.148 e. The lowest BCUT2D eigenvalue weighted by atomic mass is 10.2. The number of halogens is 4. The molecule has 0 aliphatic heterocycles. The van der Waals surface area contributed by atoms with Gasteiger partial charge in [0.05, 0.1) is 20.8 Å². The molecule has 7 heteroatoms. The van der Waals surface area contributed by atoms with Crippen LogP contribution in [0, 0.1) is 0 Å². The van der Waals surface area contributed by atoms with Crippen molar-refractivity contribution in [3.8, 4) is 5.75 Å². The van der Waals surface area contributed by atoms with Crippen LogP contribution in [0.2, 0.25) is 10.0 Å². The molecule has 3 aromatic rings. The highest BCUT2D eigenvalue weighted by Gasteiger charge is 2.10. The molecule has 3 nitrogen and oxygen atoms in total. The van der Waals surface area contributed by atoms with Gasteiger partial charge in [0.15, 0.2) is 0 Å². The predicted molar refractivity (Wildman–Crippen MR) is 120 cm³/mol. The number of benzene rings is 3. The number of anilines is 1. The fourth-order valence-corrected chi connectivity index (χ4v) is 4.19. The van der Waals surface area contributed by atoms with Crippen LogP contribution in [0.1, 0.15) is 11.1 Å². The molecule has 0 aromatic heterocycles. The predicted octanol–water partition coefficient (Wildman–Crippen LogP) is 7.54. The molecule has 0 unspecified atom stereocenters. The van der Waals surface area contributed by atoms with Gasteiger partial charge in [-0.05, 0) is 73.8 Å². The van der Waals surface area contributed by atoms with Gasteiger partial charge in [0, 0.05) is 15.6 Å². The summed E-state index contributed by atoms with van der Waals surface area (Å²) in [4.78, 5) is 0. The van der Waals surface area contributed by atoms with Crippen molar-refractivity contribution in [3.05, 3.63) is 90.8 Å². The van der Waals surface area contributed by atoms with Crippen LogP contribution in [0.25, 0.3) is 0 Å². The number of rotatable bonds is 6. The molecule has 3 rings (SSSR count). The average Bonchev–Trinajstić information content (AvgIpc) is 2.63. The molecule has 0 bridgehead atoms. The molecule has 0 saturated heterocycles. The van der Waals surface area contributed by atoms with E-state index in [1.807, 2.05) is 48.5 Å². The van der Waals surface area contributed by atoms with E-state index in [-0.39, 0.29) is 0 Å². The Morgan fingerprint density at radius 3 is 2.33 bits per heavy atom. The number of hydrogen-bond acceptors (Lipinski definition) is 3. The van der Waals surface area contributed by atoms with Crippen molar-refractivity contribution in [2.24, 2.45) is 5.10 Å². The SMILES string of the molecule is Clc1ccc(COc2c(Br)cc(/C=N\Nc3ccccc3)cc2Br)c(Cl)c1. The van der Waals surface area contributed by atoms with Crippen molar-refractivity contribution in [1.29, 1.82) is 0 Å². The number of nitrogens with zero attached hydrogens (tertiary/aromatic N) is 1. The molecule has 3 aromatic carbocycles. The Bertz CT molecular complexity index is 942. The lowest BCUT2D eigenvalue weighted by Gasteiger charge is -2.12. The summed E-state index contributed by atoms with van der Waals surface area (Å²) in [6.07, 6.45) is 1.74. The first kappa shape index (κ1) is 20.2. The van der Waals surface area contributed by atoms with Gasteiger partial charge in [-0.25, -0.2) is 0 Å². The lowest BCUT2D eigenvalue weighted by molar-refractivity contribution is 0.302. The Morgan fingerprint density at radius 1 is 0.963 bits per heavy atom. The van der Waals surface area contributed by atoms with Gasteiger partial charge in [-0.1, -0.05) is 47.5 Å². The highest BCUT2D eigenvalue weighted by Crippen LogP contribution is 2.35. The molecule has 0 fully saturated rings. The molecule has 0 atom stereocenters. The first-order valence-corrected chi connectivity index (χ1v) is 10.3. The molecular formula is C20H14Br2Cl2N2O. The summed E-state index contributed by atoms with van der Waals surface area (Å²) < 4.78 is 7.54. The molecule has 0 aliphatic rings. The van der Waals surface area contributed by atoms with E-state index in [1.165, 1.54) is 0 Å². The van der Waals surface area contributed by atoms with E-state index in [0.717, 1.165) is 25.8 Å². The quantitative estimate of drug-likeness (QED) is 0.265. The van der Waals surface area contributed by atoms with E-state index in [9.17, 15) is 0 Å². The molecule has 0 heterocycles. The van der Waals surface area contributed by atoms with Crippen LogP contribution in [0.5, 0.6) is 5.75 Å². The van der Waals surface area contributed by atoms with Crippen LogP contribution in [0.3, 0.4) is 0 Å². The smallest absolute Gasteiger partial charge is 0.148 e. The molecule has 0 aliphatic carbocycles. The van der Waals surface area contributed by atoms with Crippen LogP contribution in [-0.2, 0) is 6.61 Å². The molecule has 0 radical (unpaired) electrons. The number of nitrogens with one attached hydrogen (secondary N) is 1. The van der Waals surface area contributed by atoms with Crippen molar-refractivity contribution in [1.82, 2.24) is 0 Å².